The van der Waals surface area contributed by atoms with Crippen LogP contribution in [0.3, 0.4) is 0 Å². The molecule has 3 aromatic rings. The molecule has 0 fully saturated rings. The first-order valence-electron chi connectivity index (χ1n) is 7.20. The molecule has 0 aliphatic rings. The Morgan fingerprint density at radius 3 is 2.95 bits per heavy atom. The highest BCUT2D eigenvalue weighted by Crippen LogP contribution is 2.31. The summed E-state index contributed by atoms with van der Waals surface area (Å²) < 4.78 is 7.28. The Balaban J connectivity index is 2.05. The summed E-state index contributed by atoms with van der Waals surface area (Å²) in [6.07, 6.45) is 3.72. The van der Waals surface area contributed by atoms with Gasteiger partial charge in [0.05, 0.1) is 17.6 Å². The van der Waals surface area contributed by atoms with Crippen LogP contribution in [0.1, 0.15) is 5.56 Å². The fraction of sp³-hybridized carbons (Fsp3) is 0.294. The summed E-state index contributed by atoms with van der Waals surface area (Å²) in [4.78, 5) is 10.2. The molecule has 0 aliphatic carbocycles. The standard InChI is InChI=1S/C17H19N3OS/c1-12-4-5-15-14(10-12)19-17(20(15)2)13-6-7-18-11-16(13)22-9-8-21-3/h4-7,10-11H,8-9H2,1-3H3. The summed E-state index contributed by atoms with van der Waals surface area (Å²) in [5, 5.41) is 0. The van der Waals surface area contributed by atoms with E-state index in [1.807, 2.05) is 18.5 Å². The van der Waals surface area contributed by atoms with Gasteiger partial charge in [0, 0.05) is 42.8 Å². The summed E-state index contributed by atoms with van der Waals surface area (Å²) in [6.45, 7) is 2.81. The van der Waals surface area contributed by atoms with Crippen LogP contribution >= 0.6 is 11.8 Å². The predicted octanol–water partition coefficient (Wildman–Crippen LogP) is 3.68. The Labute approximate surface area is 134 Å². The SMILES string of the molecule is COCCSc1cnccc1-c1nc2cc(C)ccc2n1C. The molecule has 114 valence electrons. The highest BCUT2D eigenvalue weighted by molar-refractivity contribution is 7.99. The smallest absolute Gasteiger partial charge is 0.142 e. The number of aryl methyl sites for hydroxylation is 2. The van der Waals surface area contributed by atoms with Crippen LogP contribution in [0.5, 0.6) is 0 Å². The summed E-state index contributed by atoms with van der Waals surface area (Å²) in [5.74, 6) is 1.88. The van der Waals surface area contributed by atoms with Crippen molar-refractivity contribution in [2.75, 3.05) is 19.5 Å². The van der Waals surface area contributed by atoms with Crippen LogP contribution in [0.25, 0.3) is 22.4 Å². The number of aromatic nitrogens is 3. The van der Waals surface area contributed by atoms with Gasteiger partial charge in [-0.05, 0) is 30.7 Å². The molecule has 2 heterocycles. The molecule has 0 unspecified atom stereocenters. The minimum Gasteiger partial charge on any atom is -0.384 e. The van der Waals surface area contributed by atoms with Crippen LogP contribution in [0.4, 0.5) is 0 Å². The average Bonchev–Trinajstić information content (AvgIpc) is 2.84. The van der Waals surface area contributed by atoms with Crippen molar-refractivity contribution < 1.29 is 4.74 Å². The van der Waals surface area contributed by atoms with E-state index in [0.717, 1.165) is 39.7 Å². The molecular formula is C17H19N3OS. The number of hydrogen-bond donors (Lipinski definition) is 0. The van der Waals surface area contributed by atoms with E-state index in [4.69, 9.17) is 9.72 Å². The summed E-state index contributed by atoms with van der Waals surface area (Å²) in [5.41, 5.74) is 4.52. The Morgan fingerprint density at radius 2 is 2.14 bits per heavy atom. The zero-order chi connectivity index (χ0) is 15.5. The number of nitrogens with zero attached hydrogens (tertiary/aromatic N) is 3. The fourth-order valence-corrected chi connectivity index (χ4v) is 3.39. The van der Waals surface area contributed by atoms with Gasteiger partial charge in [-0.2, -0.15) is 0 Å². The maximum atomic E-state index is 5.13. The van der Waals surface area contributed by atoms with Crippen molar-refractivity contribution in [3.8, 4) is 11.4 Å². The van der Waals surface area contributed by atoms with Crippen LogP contribution in [0.15, 0.2) is 41.6 Å². The summed E-state index contributed by atoms with van der Waals surface area (Å²) in [7, 11) is 3.78. The Hall–Kier alpha value is -1.85. The van der Waals surface area contributed by atoms with Crippen molar-refractivity contribution in [2.45, 2.75) is 11.8 Å². The maximum absolute atomic E-state index is 5.13. The van der Waals surface area contributed by atoms with Crippen molar-refractivity contribution in [3.05, 3.63) is 42.2 Å². The van der Waals surface area contributed by atoms with E-state index >= 15 is 0 Å². The minimum atomic E-state index is 0.723. The summed E-state index contributed by atoms with van der Waals surface area (Å²) in [6, 6.07) is 8.40. The minimum absolute atomic E-state index is 0.723. The molecule has 1 aromatic carbocycles. The number of ether oxygens (including phenoxy) is 1. The van der Waals surface area contributed by atoms with E-state index in [-0.39, 0.29) is 0 Å². The zero-order valence-corrected chi connectivity index (χ0v) is 13.9. The van der Waals surface area contributed by atoms with Gasteiger partial charge in [0.1, 0.15) is 5.82 Å². The maximum Gasteiger partial charge on any atom is 0.142 e. The lowest BCUT2D eigenvalue weighted by Gasteiger charge is -2.08. The Morgan fingerprint density at radius 1 is 1.27 bits per heavy atom. The van der Waals surface area contributed by atoms with E-state index < -0.39 is 0 Å². The third-order valence-corrected chi connectivity index (χ3v) is 4.61. The number of thioether (sulfide) groups is 1. The van der Waals surface area contributed by atoms with Crippen molar-refractivity contribution >= 4 is 22.8 Å². The molecule has 0 spiro atoms. The number of pyridine rings is 1. The van der Waals surface area contributed by atoms with Gasteiger partial charge < -0.3 is 9.30 Å². The van der Waals surface area contributed by atoms with Crippen LogP contribution < -0.4 is 0 Å². The molecule has 3 rings (SSSR count). The fourth-order valence-electron chi connectivity index (χ4n) is 2.47. The van der Waals surface area contributed by atoms with Gasteiger partial charge in [-0.3, -0.25) is 4.98 Å². The van der Waals surface area contributed by atoms with E-state index in [0.29, 0.717) is 0 Å². The number of fused-ring (bicyclic) bond motifs is 1. The van der Waals surface area contributed by atoms with Gasteiger partial charge in [-0.25, -0.2) is 4.98 Å². The quantitative estimate of drug-likeness (QED) is 0.532. The molecule has 0 atom stereocenters. The highest BCUT2D eigenvalue weighted by atomic mass is 32.2. The first-order chi connectivity index (χ1) is 10.7. The van der Waals surface area contributed by atoms with Crippen molar-refractivity contribution in [3.63, 3.8) is 0 Å². The Bertz CT molecular complexity index is 798. The average molecular weight is 313 g/mol. The van der Waals surface area contributed by atoms with Gasteiger partial charge in [0.2, 0.25) is 0 Å². The molecule has 0 saturated carbocycles. The molecule has 0 aliphatic heterocycles. The second kappa shape index (κ2) is 6.50. The predicted molar refractivity (Wildman–Crippen MR) is 91.3 cm³/mol. The van der Waals surface area contributed by atoms with Crippen molar-refractivity contribution in [1.29, 1.82) is 0 Å². The van der Waals surface area contributed by atoms with E-state index in [1.54, 1.807) is 18.9 Å². The van der Waals surface area contributed by atoms with E-state index in [1.165, 1.54) is 5.56 Å². The van der Waals surface area contributed by atoms with Gasteiger partial charge in [0.25, 0.3) is 0 Å². The number of benzene rings is 1. The monoisotopic (exact) mass is 313 g/mol. The van der Waals surface area contributed by atoms with Crippen molar-refractivity contribution in [2.24, 2.45) is 7.05 Å². The molecule has 0 amide bonds. The van der Waals surface area contributed by atoms with Gasteiger partial charge in [0.15, 0.2) is 0 Å². The molecule has 22 heavy (non-hydrogen) atoms. The van der Waals surface area contributed by atoms with E-state index in [2.05, 4.69) is 41.7 Å². The number of rotatable bonds is 5. The van der Waals surface area contributed by atoms with Crippen LogP contribution in [-0.2, 0) is 11.8 Å². The first kappa shape index (κ1) is 15.1. The molecule has 0 N–H and O–H groups in total. The topological polar surface area (TPSA) is 39.9 Å². The summed E-state index contributed by atoms with van der Waals surface area (Å²) >= 11 is 1.75. The first-order valence-corrected chi connectivity index (χ1v) is 8.18. The van der Waals surface area contributed by atoms with Gasteiger partial charge in [-0.15, -0.1) is 11.8 Å². The van der Waals surface area contributed by atoms with Crippen LogP contribution in [0, 0.1) is 6.92 Å². The number of imidazole rings is 1. The second-order valence-electron chi connectivity index (χ2n) is 5.20. The molecule has 0 radical (unpaired) electrons. The number of hydrogen-bond acceptors (Lipinski definition) is 4. The molecule has 2 aromatic heterocycles. The normalized spacial score (nSPS) is 11.2. The molecule has 5 heteroatoms. The largest absolute Gasteiger partial charge is 0.384 e. The zero-order valence-electron chi connectivity index (χ0n) is 13.0. The molecule has 4 nitrogen and oxygen atoms in total. The third kappa shape index (κ3) is 2.87. The van der Waals surface area contributed by atoms with Crippen molar-refractivity contribution in [1.82, 2.24) is 14.5 Å². The third-order valence-electron chi connectivity index (χ3n) is 3.61. The van der Waals surface area contributed by atoms with E-state index in [9.17, 15) is 0 Å². The van der Waals surface area contributed by atoms with Crippen LogP contribution in [0.2, 0.25) is 0 Å². The highest BCUT2D eigenvalue weighted by Gasteiger charge is 2.13. The van der Waals surface area contributed by atoms with Crippen LogP contribution in [-0.4, -0.2) is 34.0 Å². The number of methoxy groups -OCH3 is 1. The second-order valence-corrected chi connectivity index (χ2v) is 6.34. The lowest BCUT2D eigenvalue weighted by molar-refractivity contribution is 0.218. The lowest BCUT2D eigenvalue weighted by atomic mass is 10.2. The van der Waals surface area contributed by atoms with Gasteiger partial charge >= 0.3 is 0 Å². The Kier molecular flexibility index (Phi) is 4.45. The molecular weight excluding hydrogens is 294 g/mol. The van der Waals surface area contributed by atoms with Gasteiger partial charge in [-0.1, -0.05) is 6.07 Å². The molecule has 0 saturated heterocycles. The molecule has 0 bridgehead atoms. The lowest BCUT2D eigenvalue weighted by Crippen LogP contribution is -1.96.